The maximum Gasteiger partial charge on any atom is 0 e. The van der Waals surface area contributed by atoms with E-state index in [1.54, 1.807) is 0 Å². The van der Waals surface area contributed by atoms with Crippen molar-refractivity contribution in [3.63, 3.8) is 0 Å². The molecule has 1 aromatic carbocycles. The molecule has 0 unspecified atom stereocenters. The van der Waals surface area contributed by atoms with Gasteiger partial charge >= 0.3 is 0 Å². The van der Waals surface area contributed by atoms with Crippen LogP contribution < -0.4 is 0 Å². The van der Waals surface area contributed by atoms with Gasteiger partial charge in [0.2, 0.25) is 0 Å². The van der Waals surface area contributed by atoms with Crippen LogP contribution in [-0.2, 0) is 6.42 Å². The Balaban J connectivity index is 0.000000810. The summed E-state index contributed by atoms with van der Waals surface area (Å²) in [6.45, 7) is 3.66. The Hall–Kier alpha value is -0.610. The zero-order valence-corrected chi connectivity index (χ0v) is 6.72. The topological polar surface area (TPSA) is 0 Å². The van der Waals surface area contributed by atoms with Gasteiger partial charge in [-0.25, -0.2) is 0 Å². The third-order valence-corrected chi connectivity index (χ3v) is 1.22. The second-order valence-corrected chi connectivity index (χ2v) is 1.98. The van der Waals surface area contributed by atoms with Gasteiger partial charge in [-0.1, -0.05) is 36.4 Å². The van der Waals surface area contributed by atoms with Gasteiger partial charge < -0.3 is 0 Å². The fourth-order valence-electron chi connectivity index (χ4n) is 0.781. The molecule has 0 aliphatic rings. The minimum atomic E-state index is 0. The van der Waals surface area contributed by atoms with Crippen LogP contribution in [0.5, 0.6) is 0 Å². The molecule has 0 bridgehead atoms. The van der Waals surface area contributed by atoms with Crippen molar-refractivity contribution >= 4 is 9.90 Å². The molecule has 0 atom stereocenters. The Bertz CT molecular complexity index is 179. The quantitative estimate of drug-likeness (QED) is 0.447. The summed E-state index contributed by atoms with van der Waals surface area (Å²) in [7, 11) is 0. The molecule has 10 heavy (non-hydrogen) atoms. The summed E-state index contributed by atoms with van der Waals surface area (Å²) in [5.74, 6) is 0. The van der Waals surface area contributed by atoms with Crippen molar-refractivity contribution in [1.29, 1.82) is 0 Å². The molecule has 0 aromatic heterocycles. The summed E-state index contributed by atoms with van der Waals surface area (Å²) < 4.78 is 0. The van der Waals surface area contributed by atoms with Gasteiger partial charge in [0.1, 0.15) is 0 Å². The molecule has 0 saturated heterocycles. The number of allylic oxidation sites excluding steroid dienone is 1. The summed E-state index contributed by atoms with van der Waals surface area (Å²) in [5.41, 5.74) is 1.33. The van der Waals surface area contributed by atoms with Crippen LogP contribution in [0.15, 0.2) is 43.0 Å². The van der Waals surface area contributed by atoms with Crippen LogP contribution >= 0.6 is 9.90 Å². The first-order valence-electron chi connectivity index (χ1n) is 3.08. The maximum atomic E-state index is 3.66. The van der Waals surface area contributed by atoms with E-state index in [-0.39, 0.29) is 9.90 Å². The van der Waals surface area contributed by atoms with E-state index in [0.29, 0.717) is 0 Å². The lowest BCUT2D eigenvalue weighted by molar-refractivity contribution is 1.28. The van der Waals surface area contributed by atoms with E-state index in [9.17, 15) is 0 Å². The lowest BCUT2D eigenvalue weighted by atomic mass is 10.2. The largest absolute Gasteiger partial charge is 0.103 e. The van der Waals surface area contributed by atoms with Crippen LogP contribution in [0.4, 0.5) is 0 Å². The molecule has 1 heteroatoms. The van der Waals surface area contributed by atoms with Gasteiger partial charge in [0.05, 0.1) is 0 Å². The predicted octanol–water partition coefficient (Wildman–Crippen LogP) is 3.28. The molecule has 0 fully saturated rings. The summed E-state index contributed by atoms with van der Waals surface area (Å²) >= 11 is 0. The van der Waals surface area contributed by atoms with Crippen LogP contribution in [0, 0.1) is 0 Å². The molecule has 0 aliphatic carbocycles. The lowest BCUT2D eigenvalue weighted by Gasteiger charge is -1.91. The van der Waals surface area contributed by atoms with Gasteiger partial charge in [0.25, 0.3) is 0 Å². The summed E-state index contributed by atoms with van der Waals surface area (Å²) in [4.78, 5) is 0. The highest BCUT2D eigenvalue weighted by Crippen LogP contribution is 1.98. The molecular weight excluding hydrogens is 139 g/mol. The van der Waals surface area contributed by atoms with E-state index in [2.05, 4.69) is 18.7 Å². The summed E-state index contributed by atoms with van der Waals surface area (Å²) in [5, 5.41) is 0. The van der Waals surface area contributed by atoms with E-state index < -0.39 is 0 Å². The Morgan fingerprint density at radius 2 is 1.80 bits per heavy atom. The molecule has 0 saturated carbocycles. The third-order valence-electron chi connectivity index (χ3n) is 1.22. The highest BCUT2D eigenvalue weighted by Gasteiger charge is 1.82. The lowest BCUT2D eigenvalue weighted by Crippen LogP contribution is -1.75. The van der Waals surface area contributed by atoms with Crippen molar-refractivity contribution < 1.29 is 0 Å². The molecule has 0 aliphatic heterocycles. The van der Waals surface area contributed by atoms with Crippen LogP contribution in [0.2, 0.25) is 0 Å². The van der Waals surface area contributed by atoms with E-state index >= 15 is 0 Å². The molecular formula is C9H10P. The number of rotatable bonds is 2. The fraction of sp³-hybridized carbons (Fsp3) is 0.111. The van der Waals surface area contributed by atoms with Gasteiger partial charge in [-0.05, 0) is 12.0 Å². The Morgan fingerprint density at radius 3 is 2.30 bits per heavy atom. The zero-order chi connectivity index (χ0) is 6.53. The monoisotopic (exact) mass is 149 g/mol. The van der Waals surface area contributed by atoms with Gasteiger partial charge in [-0.3, -0.25) is 0 Å². The predicted molar refractivity (Wildman–Crippen MR) is 47.3 cm³/mol. The van der Waals surface area contributed by atoms with Gasteiger partial charge in [-0.15, -0.1) is 6.58 Å². The molecule has 51 valence electrons. The van der Waals surface area contributed by atoms with Gasteiger partial charge in [0.15, 0.2) is 0 Å². The SMILES string of the molecule is C=CCc1ccccc1.[P]. The maximum absolute atomic E-state index is 3.66. The third kappa shape index (κ3) is 2.80. The molecule has 0 amide bonds. The Kier molecular flexibility index (Phi) is 4.88. The molecule has 3 radical (unpaired) electrons. The number of hydrogen-bond acceptors (Lipinski definition) is 0. The Labute approximate surface area is 65.6 Å². The fourth-order valence-corrected chi connectivity index (χ4v) is 0.781. The van der Waals surface area contributed by atoms with Crippen molar-refractivity contribution in [2.45, 2.75) is 6.42 Å². The van der Waals surface area contributed by atoms with E-state index in [1.807, 2.05) is 24.3 Å². The van der Waals surface area contributed by atoms with Crippen LogP contribution in [0.1, 0.15) is 5.56 Å². The average Bonchev–Trinajstić information content (AvgIpc) is 1.91. The molecule has 0 N–H and O–H groups in total. The second kappa shape index (κ2) is 5.20. The van der Waals surface area contributed by atoms with Crippen molar-refractivity contribution in [1.82, 2.24) is 0 Å². The van der Waals surface area contributed by atoms with Crippen molar-refractivity contribution in [3.8, 4) is 0 Å². The highest BCUT2D eigenvalue weighted by molar-refractivity contribution is 6.92. The van der Waals surface area contributed by atoms with Crippen LogP contribution in [0.3, 0.4) is 0 Å². The van der Waals surface area contributed by atoms with E-state index in [0.717, 1.165) is 6.42 Å². The molecule has 0 spiro atoms. The number of benzene rings is 1. The van der Waals surface area contributed by atoms with Crippen LogP contribution in [0.25, 0.3) is 0 Å². The average molecular weight is 149 g/mol. The highest BCUT2D eigenvalue weighted by atomic mass is 31.0. The normalized spacial score (nSPS) is 8.00. The van der Waals surface area contributed by atoms with Crippen molar-refractivity contribution in [3.05, 3.63) is 48.6 Å². The van der Waals surface area contributed by atoms with E-state index in [4.69, 9.17) is 0 Å². The van der Waals surface area contributed by atoms with Crippen molar-refractivity contribution in [2.75, 3.05) is 0 Å². The summed E-state index contributed by atoms with van der Waals surface area (Å²) in [6.07, 6.45) is 2.89. The molecule has 0 nitrogen and oxygen atoms in total. The zero-order valence-electron chi connectivity index (χ0n) is 5.83. The van der Waals surface area contributed by atoms with E-state index in [1.165, 1.54) is 5.56 Å². The minimum Gasteiger partial charge on any atom is -0.103 e. The second-order valence-electron chi connectivity index (χ2n) is 1.98. The summed E-state index contributed by atoms with van der Waals surface area (Å²) in [6, 6.07) is 10.3. The minimum absolute atomic E-state index is 0. The van der Waals surface area contributed by atoms with Crippen molar-refractivity contribution in [2.24, 2.45) is 0 Å². The molecule has 1 rings (SSSR count). The first kappa shape index (κ1) is 9.39. The first-order valence-corrected chi connectivity index (χ1v) is 3.08. The Morgan fingerprint density at radius 1 is 1.20 bits per heavy atom. The van der Waals surface area contributed by atoms with Gasteiger partial charge in [-0.2, -0.15) is 0 Å². The standard InChI is InChI=1S/C9H10.P/c1-2-6-9-7-4-3-5-8-9;/h2-5,7-8H,1,6H2;. The smallest absolute Gasteiger partial charge is 0 e. The molecule has 1 aromatic rings. The van der Waals surface area contributed by atoms with Crippen LogP contribution in [-0.4, -0.2) is 0 Å². The number of hydrogen-bond donors (Lipinski definition) is 0. The molecule has 0 heterocycles. The first-order chi connectivity index (χ1) is 4.43. The van der Waals surface area contributed by atoms with Gasteiger partial charge in [0, 0.05) is 9.90 Å².